The van der Waals surface area contributed by atoms with E-state index in [0.29, 0.717) is 26.9 Å². The molecule has 0 atom stereocenters. The van der Waals surface area contributed by atoms with Crippen LogP contribution < -0.4 is 9.47 Å². The van der Waals surface area contributed by atoms with Gasteiger partial charge in [0.25, 0.3) is 5.52 Å². The quantitative estimate of drug-likeness (QED) is 0.445. The Kier molecular flexibility index (Phi) is 2.82. The van der Waals surface area contributed by atoms with E-state index in [4.69, 9.17) is 4.74 Å². The van der Waals surface area contributed by atoms with Crippen LogP contribution in [-0.2, 0) is 4.74 Å². The molecule has 1 aromatic heterocycles. The molecule has 88 valence electrons. The Hall–Kier alpha value is -2.30. The molecule has 1 heterocycles. The zero-order chi connectivity index (χ0) is 12.4. The lowest BCUT2D eigenvalue weighted by Gasteiger charge is -2.08. The molecule has 0 unspecified atom stereocenters. The highest BCUT2D eigenvalue weighted by molar-refractivity contribution is 6.04. The second kappa shape index (κ2) is 4.29. The number of aromatic nitrogens is 1. The minimum Gasteiger partial charge on any atom is -0.618 e. The van der Waals surface area contributed by atoms with E-state index in [1.54, 1.807) is 24.3 Å². The van der Waals surface area contributed by atoms with E-state index in [-0.39, 0.29) is 0 Å². The van der Waals surface area contributed by atoms with Crippen molar-refractivity contribution in [2.24, 2.45) is 0 Å². The maximum atomic E-state index is 11.7. The van der Waals surface area contributed by atoms with Crippen molar-refractivity contribution < 1.29 is 19.0 Å². The topological polar surface area (TPSA) is 62.5 Å². The standard InChI is InChI=1S/C12H11NO4/c1-16-10-6-5-9(12(14)17-2)8-4-3-7-13(15)11(8)10/h3-7H,1-2H3. The molecule has 2 rings (SSSR count). The molecule has 0 spiro atoms. The Bertz CT molecular complexity index is 580. The number of carbonyl (C=O) groups excluding carboxylic acids is 1. The van der Waals surface area contributed by atoms with Crippen molar-refractivity contribution >= 4 is 16.9 Å². The number of ether oxygens (including phenoxy) is 2. The van der Waals surface area contributed by atoms with Gasteiger partial charge < -0.3 is 14.7 Å². The number of methoxy groups -OCH3 is 2. The molecule has 0 aliphatic rings. The lowest BCUT2D eigenvalue weighted by molar-refractivity contribution is -0.577. The monoisotopic (exact) mass is 233 g/mol. The van der Waals surface area contributed by atoms with Gasteiger partial charge >= 0.3 is 5.97 Å². The first kappa shape index (κ1) is 11.2. The number of esters is 1. The van der Waals surface area contributed by atoms with Crippen LogP contribution in [0.15, 0.2) is 30.5 Å². The summed E-state index contributed by atoms with van der Waals surface area (Å²) < 4.78 is 10.4. The zero-order valence-corrected chi connectivity index (χ0v) is 9.47. The first-order chi connectivity index (χ1) is 8.19. The normalized spacial score (nSPS) is 10.2. The Morgan fingerprint density at radius 2 is 2.06 bits per heavy atom. The average Bonchev–Trinajstić information content (AvgIpc) is 2.37. The fourth-order valence-corrected chi connectivity index (χ4v) is 1.73. The molecule has 0 radical (unpaired) electrons. The largest absolute Gasteiger partial charge is 0.618 e. The molecule has 0 fully saturated rings. The molecule has 0 amide bonds. The number of hydrogen-bond acceptors (Lipinski definition) is 4. The highest BCUT2D eigenvalue weighted by Gasteiger charge is 2.18. The van der Waals surface area contributed by atoms with Crippen molar-refractivity contribution in [1.29, 1.82) is 0 Å². The van der Waals surface area contributed by atoms with Gasteiger partial charge in [0.15, 0.2) is 11.9 Å². The van der Waals surface area contributed by atoms with E-state index >= 15 is 0 Å². The van der Waals surface area contributed by atoms with Gasteiger partial charge in [-0.15, -0.1) is 0 Å². The van der Waals surface area contributed by atoms with Crippen LogP contribution in [0, 0.1) is 5.21 Å². The first-order valence-electron chi connectivity index (χ1n) is 4.96. The third-order valence-electron chi connectivity index (χ3n) is 2.51. The van der Waals surface area contributed by atoms with E-state index < -0.39 is 5.97 Å². The van der Waals surface area contributed by atoms with Crippen LogP contribution in [0.25, 0.3) is 10.9 Å². The zero-order valence-electron chi connectivity index (χ0n) is 9.47. The highest BCUT2D eigenvalue weighted by Crippen LogP contribution is 2.25. The molecule has 2 aromatic rings. The molecule has 5 heteroatoms. The lowest BCUT2D eigenvalue weighted by atomic mass is 10.1. The van der Waals surface area contributed by atoms with E-state index in [1.807, 2.05) is 0 Å². The number of fused-ring (bicyclic) bond motifs is 1. The predicted octanol–water partition coefficient (Wildman–Crippen LogP) is 1.27. The average molecular weight is 233 g/mol. The molecular formula is C12H11NO4. The van der Waals surface area contributed by atoms with Crippen LogP contribution in [-0.4, -0.2) is 20.2 Å². The minimum atomic E-state index is -0.483. The number of carbonyl (C=O) groups is 1. The summed E-state index contributed by atoms with van der Waals surface area (Å²) in [6.07, 6.45) is 1.35. The fraction of sp³-hybridized carbons (Fsp3) is 0.167. The van der Waals surface area contributed by atoms with Gasteiger partial charge in [-0.05, 0) is 18.2 Å². The van der Waals surface area contributed by atoms with Crippen LogP contribution in [0.4, 0.5) is 0 Å². The van der Waals surface area contributed by atoms with Crippen molar-refractivity contribution in [3.8, 4) is 5.75 Å². The van der Waals surface area contributed by atoms with Crippen molar-refractivity contribution in [3.05, 3.63) is 41.2 Å². The van der Waals surface area contributed by atoms with Crippen molar-refractivity contribution in [2.75, 3.05) is 14.2 Å². The Morgan fingerprint density at radius 1 is 1.29 bits per heavy atom. The summed E-state index contributed by atoms with van der Waals surface area (Å²) in [6, 6.07) is 6.40. The number of benzene rings is 1. The van der Waals surface area contributed by atoms with E-state index in [2.05, 4.69) is 4.74 Å². The molecule has 0 saturated carbocycles. The van der Waals surface area contributed by atoms with E-state index in [0.717, 1.165) is 0 Å². The fourth-order valence-electron chi connectivity index (χ4n) is 1.73. The molecule has 1 aromatic carbocycles. The van der Waals surface area contributed by atoms with Crippen LogP contribution in [0.2, 0.25) is 0 Å². The van der Waals surface area contributed by atoms with Crippen LogP contribution in [0.5, 0.6) is 5.75 Å². The smallest absolute Gasteiger partial charge is 0.338 e. The molecule has 17 heavy (non-hydrogen) atoms. The van der Waals surface area contributed by atoms with Gasteiger partial charge in [0.1, 0.15) is 0 Å². The predicted molar refractivity (Wildman–Crippen MR) is 60.8 cm³/mol. The summed E-state index contributed by atoms with van der Waals surface area (Å²) in [7, 11) is 2.77. The minimum absolute atomic E-state index is 0.318. The van der Waals surface area contributed by atoms with E-state index in [9.17, 15) is 10.0 Å². The Labute approximate surface area is 97.8 Å². The third kappa shape index (κ3) is 1.75. The van der Waals surface area contributed by atoms with Gasteiger partial charge in [-0.25, -0.2) is 4.79 Å². The van der Waals surface area contributed by atoms with Gasteiger partial charge in [-0.3, -0.25) is 0 Å². The van der Waals surface area contributed by atoms with Gasteiger partial charge in [0.05, 0.1) is 25.2 Å². The molecule has 0 bridgehead atoms. The SMILES string of the molecule is COC(=O)c1ccc(OC)c2c1ccc[n+]2[O-]. The first-order valence-corrected chi connectivity index (χ1v) is 4.96. The molecule has 0 N–H and O–H groups in total. The number of nitrogens with zero attached hydrogens (tertiary/aromatic N) is 1. The number of pyridine rings is 1. The van der Waals surface area contributed by atoms with Gasteiger partial charge in [-0.1, -0.05) is 0 Å². The second-order valence-electron chi connectivity index (χ2n) is 3.40. The molecule has 0 saturated heterocycles. The summed E-state index contributed by atoms with van der Waals surface area (Å²) in [5.41, 5.74) is 0.659. The van der Waals surface area contributed by atoms with Crippen LogP contribution in [0.3, 0.4) is 0 Å². The van der Waals surface area contributed by atoms with Crippen molar-refractivity contribution in [1.82, 2.24) is 0 Å². The summed E-state index contributed by atoms with van der Waals surface area (Å²) >= 11 is 0. The lowest BCUT2D eigenvalue weighted by Crippen LogP contribution is -2.27. The highest BCUT2D eigenvalue weighted by atomic mass is 16.5. The summed E-state index contributed by atoms with van der Waals surface area (Å²) in [6.45, 7) is 0. The number of hydrogen-bond donors (Lipinski definition) is 0. The summed E-state index contributed by atoms with van der Waals surface area (Å²) in [5, 5.41) is 12.2. The van der Waals surface area contributed by atoms with E-state index in [1.165, 1.54) is 20.4 Å². The van der Waals surface area contributed by atoms with Gasteiger partial charge in [0, 0.05) is 6.07 Å². The Morgan fingerprint density at radius 3 is 2.71 bits per heavy atom. The molecule has 0 aliphatic heterocycles. The third-order valence-corrected chi connectivity index (χ3v) is 2.51. The number of rotatable bonds is 2. The van der Waals surface area contributed by atoms with Crippen LogP contribution in [0.1, 0.15) is 10.4 Å². The molecular weight excluding hydrogens is 222 g/mol. The van der Waals surface area contributed by atoms with Gasteiger partial charge in [0.2, 0.25) is 0 Å². The summed E-state index contributed by atoms with van der Waals surface area (Å²) in [5.74, 6) is -0.0629. The van der Waals surface area contributed by atoms with Crippen molar-refractivity contribution in [3.63, 3.8) is 0 Å². The Balaban J connectivity index is 2.83. The van der Waals surface area contributed by atoms with Crippen molar-refractivity contribution in [2.45, 2.75) is 0 Å². The maximum Gasteiger partial charge on any atom is 0.338 e. The molecule has 0 aliphatic carbocycles. The maximum absolute atomic E-state index is 11.7. The molecule has 5 nitrogen and oxygen atoms in total. The van der Waals surface area contributed by atoms with Gasteiger partial charge in [-0.2, -0.15) is 4.73 Å². The second-order valence-corrected chi connectivity index (χ2v) is 3.40. The van der Waals surface area contributed by atoms with Crippen LogP contribution >= 0.6 is 0 Å². The summed E-state index contributed by atoms with van der Waals surface area (Å²) in [4.78, 5) is 11.6.